The number of primary amides is 1. The molecule has 1 saturated heterocycles. The van der Waals surface area contributed by atoms with Crippen molar-refractivity contribution in [1.82, 2.24) is 10.2 Å². The van der Waals surface area contributed by atoms with Crippen molar-refractivity contribution in [3.05, 3.63) is 35.9 Å². The number of likely N-dealkylation sites (tertiary alicyclic amines) is 1. The molecule has 1 aromatic rings. The Morgan fingerprint density at radius 1 is 1.24 bits per heavy atom. The molecular formula is C14H18N4O3. The maximum atomic E-state index is 12.1. The van der Waals surface area contributed by atoms with E-state index in [0.717, 1.165) is 0 Å². The van der Waals surface area contributed by atoms with Crippen LogP contribution in [0.2, 0.25) is 0 Å². The molecule has 2 rings (SSSR count). The van der Waals surface area contributed by atoms with Crippen molar-refractivity contribution in [2.75, 3.05) is 13.1 Å². The Bertz CT molecular complexity index is 546. The van der Waals surface area contributed by atoms with Crippen LogP contribution in [0.5, 0.6) is 0 Å². The summed E-state index contributed by atoms with van der Waals surface area (Å²) < 4.78 is 0. The minimum absolute atomic E-state index is 0.191. The zero-order valence-corrected chi connectivity index (χ0v) is 11.5. The minimum atomic E-state index is -0.720. The molecule has 0 spiro atoms. The molecule has 0 saturated carbocycles. The number of nitrogens with zero attached hydrogens (tertiary/aromatic N) is 1. The number of hydrogen-bond acceptors (Lipinski definition) is 4. The van der Waals surface area contributed by atoms with E-state index < -0.39 is 11.9 Å². The smallest absolute Gasteiger partial charge is 0.251 e. The van der Waals surface area contributed by atoms with Gasteiger partial charge in [0.1, 0.15) is 6.04 Å². The van der Waals surface area contributed by atoms with Crippen LogP contribution in [0.1, 0.15) is 16.8 Å². The average molecular weight is 290 g/mol. The van der Waals surface area contributed by atoms with Crippen molar-refractivity contribution in [2.24, 2.45) is 11.5 Å². The maximum Gasteiger partial charge on any atom is 0.251 e. The Morgan fingerprint density at radius 3 is 2.48 bits per heavy atom. The van der Waals surface area contributed by atoms with Crippen molar-refractivity contribution in [3.63, 3.8) is 0 Å². The first-order valence-electron chi connectivity index (χ1n) is 6.67. The van der Waals surface area contributed by atoms with E-state index >= 15 is 0 Å². The lowest BCUT2D eigenvalue weighted by Gasteiger charge is -2.21. The molecule has 21 heavy (non-hydrogen) atoms. The Kier molecular flexibility index (Phi) is 4.54. The first kappa shape index (κ1) is 15.0. The van der Waals surface area contributed by atoms with Crippen molar-refractivity contribution in [2.45, 2.75) is 18.5 Å². The van der Waals surface area contributed by atoms with Crippen molar-refractivity contribution in [3.8, 4) is 0 Å². The van der Waals surface area contributed by atoms with E-state index in [1.54, 1.807) is 24.3 Å². The van der Waals surface area contributed by atoms with Crippen LogP contribution >= 0.6 is 0 Å². The lowest BCUT2D eigenvalue weighted by atomic mass is 10.1. The number of rotatable bonds is 4. The number of carbonyl (C=O) groups is 3. The first-order valence-corrected chi connectivity index (χ1v) is 6.67. The highest BCUT2D eigenvalue weighted by molar-refractivity contribution is 5.94. The second-order valence-electron chi connectivity index (χ2n) is 4.94. The van der Waals surface area contributed by atoms with E-state index in [4.69, 9.17) is 11.5 Å². The summed E-state index contributed by atoms with van der Waals surface area (Å²) in [5, 5.41) is 2.81. The van der Waals surface area contributed by atoms with Crippen molar-refractivity contribution >= 4 is 17.7 Å². The summed E-state index contributed by atoms with van der Waals surface area (Å²) in [5.74, 6) is -1.19. The fourth-order valence-corrected chi connectivity index (χ4v) is 2.46. The molecule has 7 heteroatoms. The van der Waals surface area contributed by atoms with Gasteiger partial charge in [-0.25, -0.2) is 0 Å². The predicted molar refractivity (Wildman–Crippen MR) is 76.1 cm³/mol. The van der Waals surface area contributed by atoms with Crippen LogP contribution in [-0.2, 0) is 9.59 Å². The van der Waals surface area contributed by atoms with E-state index in [-0.39, 0.29) is 30.9 Å². The number of nitrogens with two attached hydrogens (primary N) is 2. The van der Waals surface area contributed by atoms with Gasteiger partial charge < -0.3 is 21.7 Å². The highest BCUT2D eigenvalue weighted by atomic mass is 16.2. The molecule has 3 amide bonds. The average Bonchev–Trinajstić information content (AvgIpc) is 2.91. The standard InChI is InChI=1S/C14H18N4O3/c15-7-12(19)18-8-10(6-11(18)13(16)20)17-14(21)9-4-2-1-3-5-9/h1-5,10-11H,6-8,15H2,(H2,16,20)(H,17,21). The molecule has 5 N–H and O–H groups in total. The lowest BCUT2D eigenvalue weighted by molar-refractivity contribution is -0.136. The van der Waals surface area contributed by atoms with Gasteiger partial charge in [-0.3, -0.25) is 14.4 Å². The van der Waals surface area contributed by atoms with E-state index in [1.165, 1.54) is 4.90 Å². The monoisotopic (exact) mass is 290 g/mol. The van der Waals surface area contributed by atoms with Gasteiger partial charge in [-0.1, -0.05) is 18.2 Å². The van der Waals surface area contributed by atoms with E-state index in [2.05, 4.69) is 5.32 Å². The summed E-state index contributed by atoms with van der Waals surface area (Å²) in [6, 6.07) is 7.70. The number of nitrogens with one attached hydrogen (secondary N) is 1. The van der Waals surface area contributed by atoms with Crippen LogP contribution in [-0.4, -0.2) is 47.8 Å². The third kappa shape index (κ3) is 3.38. The van der Waals surface area contributed by atoms with Gasteiger partial charge in [0.2, 0.25) is 11.8 Å². The van der Waals surface area contributed by atoms with Crippen LogP contribution in [0, 0.1) is 0 Å². The molecule has 0 bridgehead atoms. The van der Waals surface area contributed by atoms with E-state index in [0.29, 0.717) is 12.0 Å². The Labute approximate surface area is 122 Å². The van der Waals surface area contributed by atoms with Crippen LogP contribution < -0.4 is 16.8 Å². The summed E-state index contributed by atoms with van der Waals surface area (Å²) in [5.41, 5.74) is 11.1. The van der Waals surface area contributed by atoms with E-state index in [1.807, 2.05) is 6.07 Å². The molecule has 1 aliphatic heterocycles. The number of carbonyl (C=O) groups excluding carboxylic acids is 3. The fraction of sp³-hybridized carbons (Fsp3) is 0.357. The molecule has 1 aromatic carbocycles. The van der Waals surface area contributed by atoms with Crippen molar-refractivity contribution < 1.29 is 14.4 Å². The maximum absolute atomic E-state index is 12.1. The third-order valence-corrected chi connectivity index (χ3v) is 3.50. The Balaban J connectivity index is 2.04. The molecule has 112 valence electrons. The van der Waals surface area contributed by atoms with Gasteiger partial charge >= 0.3 is 0 Å². The normalized spacial score (nSPS) is 21.1. The van der Waals surface area contributed by atoms with Gasteiger partial charge in [0.05, 0.1) is 6.54 Å². The highest BCUT2D eigenvalue weighted by Crippen LogP contribution is 2.18. The molecule has 2 unspecified atom stereocenters. The number of amides is 3. The summed E-state index contributed by atoms with van der Waals surface area (Å²) in [7, 11) is 0. The van der Waals surface area contributed by atoms with Gasteiger partial charge in [0.15, 0.2) is 0 Å². The second-order valence-corrected chi connectivity index (χ2v) is 4.94. The minimum Gasteiger partial charge on any atom is -0.368 e. The summed E-state index contributed by atoms with van der Waals surface area (Å²) in [6.07, 6.45) is 0.305. The third-order valence-electron chi connectivity index (χ3n) is 3.50. The first-order chi connectivity index (χ1) is 10.0. The Hall–Kier alpha value is -2.41. The van der Waals surface area contributed by atoms with Crippen molar-refractivity contribution in [1.29, 1.82) is 0 Å². The molecule has 7 nitrogen and oxygen atoms in total. The molecular weight excluding hydrogens is 272 g/mol. The molecule has 0 radical (unpaired) electrons. The van der Waals surface area contributed by atoms with Gasteiger partial charge in [-0.15, -0.1) is 0 Å². The molecule has 2 atom stereocenters. The Morgan fingerprint density at radius 2 is 1.90 bits per heavy atom. The van der Waals surface area contributed by atoms with Crippen LogP contribution in [0.15, 0.2) is 30.3 Å². The second kappa shape index (κ2) is 6.36. The largest absolute Gasteiger partial charge is 0.368 e. The number of benzene rings is 1. The quantitative estimate of drug-likeness (QED) is 0.647. The zero-order chi connectivity index (χ0) is 15.4. The van der Waals surface area contributed by atoms with Gasteiger partial charge in [0, 0.05) is 18.2 Å². The molecule has 0 aliphatic carbocycles. The topological polar surface area (TPSA) is 119 Å². The zero-order valence-electron chi connectivity index (χ0n) is 11.5. The predicted octanol–water partition coefficient (Wildman–Crippen LogP) is -1.17. The summed E-state index contributed by atoms with van der Waals surface area (Å²) >= 11 is 0. The molecule has 1 fully saturated rings. The van der Waals surface area contributed by atoms with Crippen LogP contribution in [0.3, 0.4) is 0 Å². The van der Waals surface area contributed by atoms with Gasteiger partial charge in [-0.05, 0) is 18.6 Å². The summed E-state index contributed by atoms with van der Waals surface area (Å²) in [6.45, 7) is 0.0470. The molecule has 1 aliphatic rings. The van der Waals surface area contributed by atoms with Crippen LogP contribution in [0.4, 0.5) is 0 Å². The van der Waals surface area contributed by atoms with Crippen LogP contribution in [0.25, 0.3) is 0 Å². The van der Waals surface area contributed by atoms with E-state index in [9.17, 15) is 14.4 Å². The summed E-state index contributed by atoms with van der Waals surface area (Å²) in [4.78, 5) is 36.5. The SMILES string of the molecule is NCC(=O)N1CC(NC(=O)c2ccccc2)CC1C(N)=O. The molecule has 0 aromatic heterocycles. The fourth-order valence-electron chi connectivity index (χ4n) is 2.46. The van der Waals surface area contributed by atoms with Gasteiger partial charge in [-0.2, -0.15) is 0 Å². The highest BCUT2D eigenvalue weighted by Gasteiger charge is 2.38. The number of hydrogen-bond donors (Lipinski definition) is 3. The molecule has 1 heterocycles. The van der Waals surface area contributed by atoms with Gasteiger partial charge in [0.25, 0.3) is 5.91 Å². The lowest BCUT2D eigenvalue weighted by Crippen LogP contribution is -2.46.